The molecule has 1 heterocycles. The molecule has 0 spiro atoms. The average Bonchev–Trinajstić information content (AvgIpc) is 3.05. The lowest BCUT2D eigenvalue weighted by Gasteiger charge is -2.09. The molecule has 2 aromatic carbocycles. The molecule has 6 nitrogen and oxygen atoms in total. The number of para-hydroxylation sites is 1. The first-order valence-corrected chi connectivity index (χ1v) is 9.89. The molecule has 0 saturated heterocycles. The number of esters is 1. The van der Waals surface area contributed by atoms with Gasteiger partial charge in [-0.3, -0.25) is 4.79 Å². The van der Waals surface area contributed by atoms with E-state index in [2.05, 4.69) is 9.88 Å². The Bertz CT molecular complexity index is 1170. The number of hydrogen-bond acceptors (Lipinski definition) is 4. The monoisotopic (exact) mass is 413 g/mol. The van der Waals surface area contributed by atoms with E-state index in [1.807, 2.05) is 56.3 Å². The zero-order chi connectivity index (χ0) is 22.4. The van der Waals surface area contributed by atoms with Crippen LogP contribution in [0.15, 0.2) is 66.2 Å². The highest BCUT2D eigenvalue weighted by atomic mass is 16.5. The molecule has 0 bridgehead atoms. The fraction of sp³-hybridized carbons (Fsp3) is 0.160. The maximum absolute atomic E-state index is 12.6. The zero-order valence-corrected chi connectivity index (χ0v) is 17.7. The number of nitrogens with zero attached hydrogens (tertiary/aromatic N) is 2. The fourth-order valence-corrected chi connectivity index (χ4v) is 3.31. The van der Waals surface area contributed by atoms with Gasteiger partial charge in [0.1, 0.15) is 11.6 Å². The number of aromatic nitrogens is 1. The van der Waals surface area contributed by atoms with Crippen LogP contribution in [0.25, 0.3) is 11.8 Å². The molecule has 0 radical (unpaired) electrons. The van der Waals surface area contributed by atoms with Gasteiger partial charge in [-0.2, -0.15) is 5.26 Å². The van der Waals surface area contributed by atoms with Crippen molar-refractivity contribution in [1.82, 2.24) is 4.57 Å². The van der Waals surface area contributed by atoms with Gasteiger partial charge >= 0.3 is 5.97 Å². The zero-order valence-electron chi connectivity index (χ0n) is 17.7. The molecule has 0 unspecified atom stereocenters. The van der Waals surface area contributed by atoms with Crippen LogP contribution in [0.4, 0.5) is 5.69 Å². The fourth-order valence-electron chi connectivity index (χ4n) is 3.31. The van der Waals surface area contributed by atoms with Crippen LogP contribution in [0.1, 0.15) is 34.2 Å². The first-order chi connectivity index (χ1) is 14.9. The minimum atomic E-state index is -0.518. The van der Waals surface area contributed by atoms with Gasteiger partial charge in [-0.05, 0) is 74.9 Å². The van der Waals surface area contributed by atoms with Crippen LogP contribution >= 0.6 is 0 Å². The number of amides is 1. The van der Waals surface area contributed by atoms with Crippen molar-refractivity contribution in [3.05, 3.63) is 88.8 Å². The minimum Gasteiger partial charge on any atom is -0.462 e. The minimum absolute atomic E-state index is 0.0113. The molecule has 0 aliphatic carbocycles. The Kier molecular flexibility index (Phi) is 6.68. The number of anilines is 1. The number of nitriles is 1. The van der Waals surface area contributed by atoms with Crippen LogP contribution in [-0.2, 0) is 9.53 Å². The molecule has 1 amide bonds. The highest BCUT2D eigenvalue weighted by Gasteiger charge is 2.14. The summed E-state index contributed by atoms with van der Waals surface area (Å²) in [6, 6.07) is 20.1. The molecule has 156 valence electrons. The second kappa shape index (κ2) is 9.59. The molecule has 1 aromatic heterocycles. The van der Waals surface area contributed by atoms with Crippen LogP contribution in [-0.4, -0.2) is 23.1 Å². The third kappa shape index (κ3) is 4.90. The normalized spacial score (nSPS) is 11.0. The quantitative estimate of drug-likeness (QED) is 0.357. The standard InChI is InChI=1S/C25H23N3O3/c1-4-31-25(30)19-10-12-22(13-11-19)27-24(29)21(16-26)15-20-14-17(2)28(18(20)3)23-8-6-5-7-9-23/h5-15H,4H2,1-3H3,(H,27,29)/b21-15+. The highest BCUT2D eigenvalue weighted by Crippen LogP contribution is 2.23. The molecule has 0 aliphatic heterocycles. The van der Waals surface area contributed by atoms with E-state index in [0.717, 1.165) is 22.6 Å². The summed E-state index contributed by atoms with van der Waals surface area (Å²) in [7, 11) is 0. The molecule has 0 fully saturated rings. The highest BCUT2D eigenvalue weighted by molar-refractivity contribution is 6.09. The maximum atomic E-state index is 12.6. The molecule has 0 saturated carbocycles. The van der Waals surface area contributed by atoms with Crippen molar-refractivity contribution in [1.29, 1.82) is 5.26 Å². The van der Waals surface area contributed by atoms with E-state index in [0.29, 0.717) is 17.9 Å². The van der Waals surface area contributed by atoms with Crippen LogP contribution in [0.3, 0.4) is 0 Å². The predicted molar refractivity (Wildman–Crippen MR) is 120 cm³/mol. The van der Waals surface area contributed by atoms with Gasteiger partial charge in [0.05, 0.1) is 12.2 Å². The number of nitrogens with one attached hydrogen (secondary N) is 1. The van der Waals surface area contributed by atoms with Gasteiger partial charge in [0, 0.05) is 22.8 Å². The lowest BCUT2D eigenvalue weighted by molar-refractivity contribution is -0.112. The van der Waals surface area contributed by atoms with Crippen molar-refractivity contribution in [2.75, 3.05) is 11.9 Å². The molecule has 3 rings (SSSR count). The Labute approximate surface area is 181 Å². The van der Waals surface area contributed by atoms with Crippen LogP contribution in [0.2, 0.25) is 0 Å². The predicted octanol–water partition coefficient (Wildman–Crippen LogP) is 4.82. The molecular weight excluding hydrogens is 390 g/mol. The van der Waals surface area contributed by atoms with E-state index >= 15 is 0 Å². The second-order valence-corrected chi connectivity index (χ2v) is 6.92. The molecule has 6 heteroatoms. The number of benzene rings is 2. The summed E-state index contributed by atoms with van der Waals surface area (Å²) >= 11 is 0. The van der Waals surface area contributed by atoms with Crippen molar-refractivity contribution < 1.29 is 14.3 Å². The van der Waals surface area contributed by atoms with Crippen molar-refractivity contribution in [2.45, 2.75) is 20.8 Å². The number of aryl methyl sites for hydroxylation is 1. The summed E-state index contributed by atoms with van der Waals surface area (Å²) in [4.78, 5) is 24.4. The van der Waals surface area contributed by atoms with Crippen LogP contribution < -0.4 is 5.32 Å². The number of hydrogen-bond donors (Lipinski definition) is 1. The summed E-state index contributed by atoms with van der Waals surface area (Å²) in [5.74, 6) is -0.942. The SMILES string of the molecule is CCOC(=O)c1ccc(NC(=O)/C(C#N)=C/c2cc(C)n(-c3ccccc3)c2C)cc1. The van der Waals surface area contributed by atoms with Gasteiger partial charge in [-0.1, -0.05) is 18.2 Å². The van der Waals surface area contributed by atoms with Crippen molar-refractivity contribution >= 4 is 23.6 Å². The number of carbonyl (C=O) groups excluding carboxylic acids is 2. The van der Waals surface area contributed by atoms with Gasteiger partial charge < -0.3 is 14.6 Å². The maximum Gasteiger partial charge on any atom is 0.338 e. The Morgan fingerprint density at radius 1 is 1.10 bits per heavy atom. The van der Waals surface area contributed by atoms with Crippen molar-refractivity contribution in [2.24, 2.45) is 0 Å². The van der Waals surface area contributed by atoms with Crippen LogP contribution in [0, 0.1) is 25.2 Å². The third-order valence-electron chi connectivity index (χ3n) is 4.80. The number of rotatable bonds is 6. The molecule has 31 heavy (non-hydrogen) atoms. The topological polar surface area (TPSA) is 84.1 Å². The van der Waals surface area contributed by atoms with Crippen molar-refractivity contribution in [3.63, 3.8) is 0 Å². The Morgan fingerprint density at radius 3 is 2.39 bits per heavy atom. The first-order valence-electron chi connectivity index (χ1n) is 9.89. The Hall–Kier alpha value is -4.11. The average molecular weight is 413 g/mol. The summed E-state index contributed by atoms with van der Waals surface area (Å²) in [6.07, 6.45) is 1.59. The number of ether oxygens (including phenoxy) is 1. The Balaban J connectivity index is 1.82. The summed E-state index contributed by atoms with van der Waals surface area (Å²) in [5.41, 5.74) is 4.61. The van der Waals surface area contributed by atoms with E-state index in [4.69, 9.17) is 4.74 Å². The largest absolute Gasteiger partial charge is 0.462 e. The third-order valence-corrected chi connectivity index (χ3v) is 4.80. The van der Waals surface area contributed by atoms with Gasteiger partial charge in [-0.25, -0.2) is 4.79 Å². The molecule has 0 atom stereocenters. The lowest BCUT2D eigenvalue weighted by Crippen LogP contribution is -2.13. The second-order valence-electron chi connectivity index (χ2n) is 6.92. The first kappa shape index (κ1) is 21.6. The van der Waals surface area contributed by atoms with E-state index in [1.165, 1.54) is 0 Å². The smallest absolute Gasteiger partial charge is 0.338 e. The van der Waals surface area contributed by atoms with Gasteiger partial charge in [0.25, 0.3) is 5.91 Å². The van der Waals surface area contributed by atoms with E-state index < -0.39 is 11.9 Å². The molecule has 3 aromatic rings. The van der Waals surface area contributed by atoms with E-state index in [1.54, 1.807) is 37.3 Å². The number of carbonyl (C=O) groups is 2. The van der Waals surface area contributed by atoms with E-state index in [9.17, 15) is 14.9 Å². The van der Waals surface area contributed by atoms with Crippen LogP contribution in [0.5, 0.6) is 0 Å². The van der Waals surface area contributed by atoms with Gasteiger partial charge in [-0.15, -0.1) is 0 Å². The molecular formula is C25H23N3O3. The molecule has 1 N–H and O–H groups in total. The van der Waals surface area contributed by atoms with Gasteiger partial charge in [0.2, 0.25) is 0 Å². The summed E-state index contributed by atoms with van der Waals surface area (Å²) in [6.45, 7) is 5.96. The lowest BCUT2D eigenvalue weighted by atomic mass is 10.1. The Morgan fingerprint density at radius 2 is 1.77 bits per heavy atom. The van der Waals surface area contributed by atoms with Crippen molar-refractivity contribution in [3.8, 4) is 11.8 Å². The summed E-state index contributed by atoms with van der Waals surface area (Å²) < 4.78 is 7.02. The van der Waals surface area contributed by atoms with E-state index in [-0.39, 0.29) is 5.57 Å². The molecule has 0 aliphatic rings. The summed E-state index contributed by atoms with van der Waals surface area (Å²) in [5, 5.41) is 12.2. The van der Waals surface area contributed by atoms with Gasteiger partial charge in [0.15, 0.2) is 0 Å².